The van der Waals surface area contributed by atoms with Crippen molar-refractivity contribution in [1.82, 2.24) is 10.2 Å². The molecule has 2 saturated heterocycles. The first-order chi connectivity index (χ1) is 8.34. The van der Waals surface area contributed by atoms with Crippen molar-refractivity contribution in [2.75, 3.05) is 26.2 Å². The van der Waals surface area contributed by atoms with Gasteiger partial charge < -0.3 is 5.32 Å². The van der Waals surface area contributed by atoms with Crippen LogP contribution in [-0.2, 0) is 0 Å². The van der Waals surface area contributed by atoms with Crippen molar-refractivity contribution < 1.29 is 4.39 Å². The molecule has 2 aliphatic rings. The monoisotopic (exact) mass is 234 g/mol. The van der Waals surface area contributed by atoms with Crippen LogP contribution in [0, 0.1) is 5.82 Å². The maximum atomic E-state index is 13.3. The molecule has 1 aromatic rings. The average Bonchev–Trinajstić information content (AvgIpc) is 2.69. The molecule has 3 heteroatoms. The molecule has 0 radical (unpaired) electrons. The van der Waals surface area contributed by atoms with Crippen molar-refractivity contribution in [2.24, 2.45) is 0 Å². The Kier molecular flexibility index (Phi) is 3.12. The largest absolute Gasteiger partial charge is 0.315 e. The van der Waals surface area contributed by atoms with Gasteiger partial charge >= 0.3 is 0 Å². The van der Waals surface area contributed by atoms with Gasteiger partial charge in [-0.15, -0.1) is 0 Å². The second kappa shape index (κ2) is 4.75. The molecule has 0 bridgehead atoms. The summed E-state index contributed by atoms with van der Waals surface area (Å²) in [6, 6.07) is 7.73. The quantitative estimate of drug-likeness (QED) is 0.799. The van der Waals surface area contributed by atoms with E-state index < -0.39 is 0 Å². The highest BCUT2D eigenvalue weighted by molar-refractivity contribution is 5.24. The molecule has 92 valence electrons. The minimum Gasteiger partial charge on any atom is -0.315 e. The zero-order chi connectivity index (χ0) is 11.7. The van der Waals surface area contributed by atoms with E-state index >= 15 is 0 Å². The minimum atomic E-state index is -0.115. The van der Waals surface area contributed by atoms with E-state index in [9.17, 15) is 4.39 Å². The molecule has 0 spiro atoms. The van der Waals surface area contributed by atoms with Crippen LogP contribution < -0.4 is 5.32 Å². The van der Waals surface area contributed by atoms with Crippen molar-refractivity contribution in [2.45, 2.75) is 24.8 Å². The highest BCUT2D eigenvalue weighted by Crippen LogP contribution is 2.32. The van der Waals surface area contributed by atoms with Crippen molar-refractivity contribution in [1.29, 1.82) is 0 Å². The standard InChI is InChI=1S/C14H19FN2/c15-12-4-1-3-11(9-12)13-10-16-6-8-17-7-2-5-14(13)17/h1,3-4,9,13-14,16H,2,5-8,10H2. The number of nitrogens with one attached hydrogen (secondary N) is 1. The normalized spacial score (nSPS) is 29.9. The number of nitrogens with zero attached hydrogens (tertiary/aromatic N) is 1. The molecule has 2 nitrogen and oxygen atoms in total. The van der Waals surface area contributed by atoms with E-state index in [2.05, 4.69) is 16.3 Å². The van der Waals surface area contributed by atoms with Gasteiger partial charge in [-0.2, -0.15) is 0 Å². The summed E-state index contributed by atoms with van der Waals surface area (Å²) in [5.74, 6) is 0.326. The zero-order valence-corrected chi connectivity index (χ0v) is 10.0. The highest BCUT2D eigenvalue weighted by Gasteiger charge is 2.33. The van der Waals surface area contributed by atoms with E-state index in [0.717, 1.165) is 25.2 Å². The number of hydrogen-bond donors (Lipinski definition) is 1. The van der Waals surface area contributed by atoms with Crippen LogP contribution in [-0.4, -0.2) is 37.1 Å². The summed E-state index contributed by atoms with van der Waals surface area (Å²) in [5, 5.41) is 3.48. The lowest BCUT2D eigenvalue weighted by Crippen LogP contribution is -2.34. The number of fused-ring (bicyclic) bond motifs is 1. The van der Waals surface area contributed by atoms with Gasteiger partial charge in [0.2, 0.25) is 0 Å². The van der Waals surface area contributed by atoms with Crippen LogP contribution in [0.5, 0.6) is 0 Å². The van der Waals surface area contributed by atoms with E-state index in [4.69, 9.17) is 0 Å². The van der Waals surface area contributed by atoms with Gasteiger partial charge in [0, 0.05) is 31.6 Å². The minimum absolute atomic E-state index is 0.115. The van der Waals surface area contributed by atoms with Gasteiger partial charge in [-0.05, 0) is 37.1 Å². The second-order valence-corrected chi connectivity index (χ2v) is 5.11. The lowest BCUT2D eigenvalue weighted by Gasteiger charge is -2.28. The number of rotatable bonds is 1. The molecule has 2 unspecified atom stereocenters. The van der Waals surface area contributed by atoms with Crippen molar-refractivity contribution in [3.05, 3.63) is 35.6 Å². The third-order valence-electron chi connectivity index (χ3n) is 4.10. The summed E-state index contributed by atoms with van der Waals surface area (Å²) in [6.45, 7) is 4.38. The van der Waals surface area contributed by atoms with Gasteiger partial charge in [-0.1, -0.05) is 12.1 Å². The predicted octanol–water partition coefficient (Wildman–Crippen LogP) is 1.98. The molecule has 2 aliphatic heterocycles. The van der Waals surface area contributed by atoms with Crippen molar-refractivity contribution in [3.8, 4) is 0 Å². The van der Waals surface area contributed by atoms with Gasteiger partial charge in [0.15, 0.2) is 0 Å². The molecule has 2 fully saturated rings. The summed E-state index contributed by atoms with van der Waals surface area (Å²) < 4.78 is 13.3. The maximum Gasteiger partial charge on any atom is 0.123 e. The van der Waals surface area contributed by atoms with Crippen LogP contribution in [0.3, 0.4) is 0 Å². The van der Waals surface area contributed by atoms with E-state index in [1.54, 1.807) is 6.07 Å². The predicted molar refractivity (Wildman–Crippen MR) is 66.6 cm³/mol. The third-order valence-corrected chi connectivity index (χ3v) is 4.10. The van der Waals surface area contributed by atoms with E-state index in [1.165, 1.54) is 25.5 Å². The first-order valence-corrected chi connectivity index (χ1v) is 6.55. The van der Waals surface area contributed by atoms with E-state index in [0.29, 0.717) is 12.0 Å². The van der Waals surface area contributed by atoms with Crippen molar-refractivity contribution in [3.63, 3.8) is 0 Å². The Balaban J connectivity index is 1.89. The fourth-order valence-electron chi connectivity index (χ4n) is 3.28. The van der Waals surface area contributed by atoms with Crippen LogP contribution in [0.15, 0.2) is 24.3 Å². The maximum absolute atomic E-state index is 13.3. The first-order valence-electron chi connectivity index (χ1n) is 6.55. The summed E-state index contributed by atoms with van der Waals surface area (Å²) >= 11 is 0. The van der Waals surface area contributed by atoms with Gasteiger partial charge in [0.1, 0.15) is 5.82 Å². The molecule has 1 N–H and O–H groups in total. The SMILES string of the molecule is Fc1cccc(C2CNCCN3CCCC23)c1. The highest BCUT2D eigenvalue weighted by atomic mass is 19.1. The summed E-state index contributed by atoms with van der Waals surface area (Å²) in [7, 11) is 0. The molecule has 0 aromatic heterocycles. The average molecular weight is 234 g/mol. The van der Waals surface area contributed by atoms with Crippen LogP contribution in [0.1, 0.15) is 24.3 Å². The lowest BCUT2D eigenvalue weighted by atomic mass is 9.90. The second-order valence-electron chi connectivity index (χ2n) is 5.11. The smallest absolute Gasteiger partial charge is 0.123 e. The molecule has 2 atom stereocenters. The van der Waals surface area contributed by atoms with Crippen LogP contribution in [0.4, 0.5) is 4.39 Å². The number of halogens is 1. The summed E-state index contributed by atoms with van der Waals surface area (Å²) in [5.41, 5.74) is 1.15. The van der Waals surface area contributed by atoms with Crippen LogP contribution in [0.2, 0.25) is 0 Å². The molecule has 1 aromatic carbocycles. The molecule has 0 amide bonds. The van der Waals surface area contributed by atoms with Gasteiger partial charge in [-0.25, -0.2) is 4.39 Å². The molecule has 0 saturated carbocycles. The van der Waals surface area contributed by atoms with Crippen LogP contribution in [0.25, 0.3) is 0 Å². The number of hydrogen-bond acceptors (Lipinski definition) is 2. The lowest BCUT2D eigenvalue weighted by molar-refractivity contribution is 0.249. The topological polar surface area (TPSA) is 15.3 Å². The van der Waals surface area contributed by atoms with Gasteiger partial charge in [-0.3, -0.25) is 4.90 Å². The third kappa shape index (κ3) is 2.22. The Hall–Kier alpha value is -0.930. The van der Waals surface area contributed by atoms with Gasteiger partial charge in [0.25, 0.3) is 0 Å². The molecular weight excluding hydrogens is 215 g/mol. The Morgan fingerprint density at radius 2 is 2.24 bits per heavy atom. The van der Waals surface area contributed by atoms with Crippen LogP contribution >= 0.6 is 0 Å². The molecule has 3 rings (SSSR count). The number of benzene rings is 1. The Morgan fingerprint density at radius 3 is 3.12 bits per heavy atom. The zero-order valence-electron chi connectivity index (χ0n) is 10.0. The first kappa shape index (κ1) is 11.2. The summed E-state index contributed by atoms with van der Waals surface area (Å²) in [4.78, 5) is 2.57. The van der Waals surface area contributed by atoms with Gasteiger partial charge in [0.05, 0.1) is 0 Å². The molecular formula is C14H19FN2. The molecule has 0 aliphatic carbocycles. The fraction of sp³-hybridized carbons (Fsp3) is 0.571. The van der Waals surface area contributed by atoms with Crippen molar-refractivity contribution >= 4 is 0 Å². The van der Waals surface area contributed by atoms with E-state index in [-0.39, 0.29) is 5.82 Å². The summed E-state index contributed by atoms with van der Waals surface area (Å²) in [6.07, 6.45) is 2.54. The molecule has 2 heterocycles. The Bertz CT molecular complexity index is 394. The molecule has 17 heavy (non-hydrogen) atoms. The Labute approximate surface area is 102 Å². The van der Waals surface area contributed by atoms with E-state index in [1.807, 2.05) is 6.07 Å². The Morgan fingerprint density at radius 1 is 1.29 bits per heavy atom. The fourth-order valence-corrected chi connectivity index (χ4v) is 3.28.